The number of benzene rings is 2. The molecule has 0 aromatic heterocycles. The van der Waals surface area contributed by atoms with E-state index in [1.165, 1.54) is 31.2 Å². The monoisotopic (exact) mass is 544 g/mol. The fraction of sp³-hybridized carbons (Fsp3) is 0.407. The van der Waals surface area contributed by atoms with Gasteiger partial charge in [-0.25, -0.2) is 4.79 Å². The minimum Gasteiger partial charge on any atom is -0.508 e. The molecule has 3 amide bonds. The first-order chi connectivity index (χ1) is 18.3. The summed E-state index contributed by atoms with van der Waals surface area (Å²) >= 11 is 0. The summed E-state index contributed by atoms with van der Waals surface area (Å²) in [5.41, 5.74) is 7.31. The number of phenols is 2. The molecule has 9 N–H and O–H groups in total. The van der Waals surface area contributed by atoms with Crippen molar-refractivity contribution in [2.45, 2.75) is 63.9 Å². The minimum absolute atomic E-state index is 0.00341. The fourth-order valence-electron chi connectivity index (χ4n) is 3.75. The highest BCUT2D eigenvalue weighted by Gasteiger charge is 2.33. The van der Waals surface area contributed by atoms with Crippen LogP contribution in [0.5, 0.6) is 11.5 Å². The van der Waals surface area contributed by atoms with Crippen molar-refractivity contribution in [2.75, 3.05) is 0 Å². The van der Waals surface area contributed by atoms with Gasteiger partial charge in [-0.2, -0.15) is 0 Å². The van der Waals surface area contributed by atoms with Gasteiger partial charge in [0.05, 0.1) is 12.1 Å². The van der Waals surface area contributed by atoms with E-state index in [-0.39, 0.29) is 24.3 Å². The third-order valence-electron chi connectivity index (χ3n) is 6.03. The van der Waals surface area contributed by atoms with Crippen LogP contribution in [0.3, 0.4) is 0 Å². The topological polar surface area (TPSA) is 211 Å². The molecule has 5 unspecified atom stereocenters. The van der Waals surface area contributed by atoms with E-state index in [9.17, 15) is 39.6 Å². The number of amides is 3. The maximum absolute atomic E-state index is 13.3. The average Bonchev–Trinajstić information content (AvgIpc) is 2.87. The molecule has 0 saturated carbocycles. The number of aliphatic hydroxyl groups excluding tert-OH is 1. The van der Waals surface area contributed by atoms with E-state index in [0.717, 1.165) is 0 Å². The SMILES string of the molecule is CC(C)C(NC(=O)C(NC(=O)C(Cc1ccc(O)cc1)NC(=O)C(N)Cc1ccc(O)cc1)C(C)O)C(=O)O. The molecule has 39 heavy (non-hydrogen) atoms. The highest BCUT2D eigenvalue weighted by atomic mass is 16.4. The third kappa shape index (κ3) is 9.58. The Bertz CT molecular complexity index is 1140. The number of carbonyl (C=O) groups excluding carboxylic acids is 3. The second-order valence-corrected chi connectivity index (χ2v) is 9.70. The van der Waals surface area contributed by atoms with Gasteiger partial charge in [-0.05, 0) is 54.7 Å². The molecule has 12 heteroatoms. The third-order valence-corrected chi connectivity index (χ3v) is 6.03. The van der Waals surface area contributed by atoms with Crippen molar-refractivity contribution in [3.05, 3.63) is 59.7 Å². The van der Waals surface area contributed by atoms with Crippen LogP contribution in [0.4, 0.5) is 0 Å². The molecule has 0 aliphatic rings. The molecule has 0 spiro atoms. The Hall–Kier alpha value is -4.16. The second-order valence-electron chi connectivity index (χ2n) is 9.70. The van der Waals surface area contributed by atoms with E-state index in [1.54, 1.807) is 38.1 Å². The van der Waals surface area contributed by atoms with Gasteiger partial charge < -0.3 is 42.1 Å². The summed E-state index contributed by atoms with van der Waals surface area (Å²) in [6, 6.07) is 7.00. The van der Waals surface area contributed by atoms with Crippen molar-refractivity contribution in [2.24, 2.45) is 11.7 Å². The lowest BCUT2D eigenvalue weighted by molar-refractivity contribution is -0.144. The Balaban J connectivity index is 2.22. The fourth-order valence-corrected chi connectivity index (χ4v) is 3.75. The lowest BCUT2D eigenvalue weighted by Crippen LogP contribution is -2.60. The number of nitrogens with two attached hydrogens (primary N) is 1. The molecule has 0 aliphatic carbocycles. The summed E-state index contributed by atoms with van der Waals surface area (Å²) in [5, 5.41) is 45.9. The Morgan fingerprint density at radius 3 is 1.62 bits per heavy atom. The lowest BCUT2D eigenvalue weighted by Gasteiger charge is -2.27. The van der Waals surface area contributed by atoms with Crippen LogP contribution in [-0.2, 0) is 32.0 Å². The molecular weight excluding hydrogens is 508 g/mol. The zero-order valence-corrected chi connectivity index (χ0v) is 22.0. The minimum atomic E-state index is -1.51. The van der Waals surface area contributed by atoms with Crippen LogP contribution in [0, 0.1) is 5.92 Å². The zero-order chi connectivity index (χ0) is 29.3. The summed E-state index contributed by atoms with van der Waals surface area (Å²) in [7, 11) is 0. The average molecular weight is 545 g/mol. The molecule has 2 aromatic rings. The largest absolute Gasteiger partial charge is 0.508 e. The molecule has 212 valence electrons. The normalized spacial score (nSPS) is 14.9. The molecule has 0 saturated heterocycles. The van der Waals surface area contributed by atoms with Crippen LogP contribution in [0.25, 0.3) is 0 Å². The molecule has 0 radical (unpaired) electrons. The van der Waals surface area contributed by atoms with Gasteiger partial charge in [0.2, 0.25) is 17.7 Å². The van der Waals surface area contributed by atoms with Crippen molar-refractivity contribution >= 4 is 23.7 Å². The standard InChI is InChI=1S/C27H36N4O8/c1-14(2)22(27(38)39)30-26(37)23(15(3)32)31-25(36)21(13-17-6-10-19(34)11-7-17)29-24(35)20(28)12-16-4-8-18(33)9-5-16/h4-11,14-15,20-23,32-34H,12-13,28H2,1-3H3,(H,29,35)(H,30,37)(H,31,36)(H,38,39). The quantitative estimate of drug-likeness (QED) is 0.167. The van der Waals surface area contributed by atoms with Crippen molar-refractivity contribution in [1.29, 1.82) is 0 Å². The summed E-state index contributed by atoms with van der Waals surface area (Å²) in [6.07, 6.45) is -1.32. The number of rotatable bonds is 13. The van der Waals surface area contributed by atoms with Crippen LogP contribution < -0.4 is 21.7 Å². The Morgan fingerprint density at radius 1 is 0.718 bits per heavy atom. The second kappa shape index (κ2) is 14.1. The summed E-state index contributed by atoms with van der Waals surface area (Å²) < 4.78 is 0. The Kier molecular flexibility index (Phi) is 11.2. The Labute approximate surface area is 226 Å². The van der Waals surface area contributed by atoms with Crippen molar-refractivity contribution in [3.8, 4) is 11.5 Å². The first-order valence-electron chi connectivity index (χ1n) is 12.4. The summed E-state index contributed by atoms with van der Waals surface area (Å²) in [5.74, 6) is -4.05. The molecular formula is C27H36N4O8. The summed E-state index contributed by atoms with van der Waals surface area (Å²) in [4.78, 5) is 50.5. The number of nitrogens with one attached hydrogen (secondary N) is 3. The maximum atomic E-state index is 13.3. The maximum Gasteiger partial charge on any atom is 0.326 e. The van der Waals surface area contributed by atoms with E-state index in [2.05, 4.69) is 16.0 Å². The zero-order valence-electron chi connectivity index (χ0n) is 22.0. The van der Waals surface area contributed by atoms with Gasteiger partial charge in [0.25, 0.3) is 0 Å². The van der Waals surface area contributed by atoms with Gasteiger partial charge in [0.15, 0.2) is 0 Å². The van der Waals surface area contributed by atoms with Gasteiger partial charge >= 0.3 is 5.97 Å². The van der Waals surface area contributed by atoms with Crippen LogP contribution in [-0.4, -0.2) is 74.4 Å². The van der Waals surface area contributed by atoms with Crippen molar-refractivity contribution in [1.82, 2.24) is 16.0 Å². The first kappa shape index (κ1) is 31.1. The molecule has 2 aromatic carbocycles. The van der Waals surface area contributed by atoms with Crippen LogP contribution in [0.1, 0.15) is 31.9 Å². The van der Waals surface area contributed by atoms with Gasteiger partial charge in [-0.1, -0.05) is 38.1 Å². The smallest absolute Gasteiger partial charge is 0.326 e. The molecule has 0 heterocycles. The number of carboxylic acid groups (broad SMARTS) is 1. The van der Waals surface area contributed by atoms with Crippen LogP contribution in [0.15, 0.2) is 48.5 Å². The highest BCUT2D eigenvalue weighted by molar-refractivity contribution is 5.94. The van der Waals surface area contributed by atoms with Gasteiger partial charge in [-0.15, -0.1) is 0 Å². The van der Waals surface area contributed by atoms with E-state index in [1.807, 2.05) is 0 Å². The molecule has 2 rings (SSSR count). The number of hydrogen-bond donors (Lipinski definition) is 8. The Morgan fingerprint density at radius 2 is 1.18 bits per heavy atom. The number of carbonyl (C=O) groups is 4. The van der Waals surface area contributed by atoms with E-state index in [0.29, 0.717) is 11.1 Å². The molecule has 12 nitrogen and oxygen atoms in total. The van der Waals surface area contributed by atoms with Gasteiger partial charge in [0, 0.05) is 6.42 Å². The highest BCUT2D eigenvalue weighted by Crippen LogP contribution is 2.13. The number of aliphatic hydroxyl groups is 1. The number of hydrogen-bond acceptors (Lipinski definition) is 8. The van der Waals surface area contributed by atoms with Crippen molar-refractivity contribution in [3.63, 3.8) is 0 Å². The predicted octanol–water partition coefficient (Wildman–Crippen LogP) is -0.214. The summed E-state index contributed by atoms with van der Waals surface area (Å²) in [6.45, 7) is 4.45. The van der Waals surface area contributed by atoms with Gasteiger partial charge in [0.1, 0.15) is 29.6 Å². The molecule has 5 atom stereocenters. The number of aliphatic carboxylic acids is 1. The molecule has 0 aliphatic heterocycles. The molecule has 0 bridgehead atoms. The number of carboxylic acids is 1. The van der Waals surface area contributed by atoms with Crippen LogP contribution >= 0.6 is 0 Å². The number of phenolic OH excluding ortho intramolecular Hbond substituents is 2. The van der Waals surface area contributed by atoms with E-state index in [4.69, 9.17) is 5.73 Å². The number of aromatic hydroxyl groups is 2. The predicted molar refractivity (Wildman–Crippen MR) is 142 cm³/mol. The van der Waals surface area contributed by atoms with E-state index < -0.39 is 59.9 Å². The lowest BCUT2D eigenvalue weighted by atomic mass is 10.0. The molecule has 0 fully saturated rings. The first-order valence-corrected chi connectivity index (χ1v) is 12.4. The van der Waals surface area contributed by atoms with E-state index >= 15 is 0 Å². The van der Waals surface area contributed by atoms with Gasteiger partial charge in [-0.3, -0.25) is 14.4 Å². The van der Waals surface area contributed by atoms with Crippen LogP contribution in [0.2, 0.25) is 0 Å². The van der Waals surface area contributed by atoms with Crippen molar-refractivity contribution < 1.29 is 39.6 Å².